The maximum Gasteiger partial charge on any atom is 0.244 e. The van der Waals surface area contributed by atoms with Crippen LogP contribution in [0.15, 0.2) is 65.5 Å². The molecule has 0 saturated carbocycles. The van der Waals surface area contributed by atoms with Crippen molar-refractivity contribution in [3.8, 4) is 16.9 Å². The Morgan fingerprint density at radius 3 is 2.73 bits per heavy atom. The fourth-order valence-corrected chi connectivity index (χ4v) is 4.32. The molecule has 0 radical (unpaired) electrons. The summed E-state index contributed by atoms with van der Waals surface area (Å²) in [6.07, 6.45) is 6.66. The Morgan fingerprint density at radius 2 is 2.03 bits per heavy atom. The molecule has 2 aromatic heterocycles. The van der Waals surface area contributed by atoms with Crippen LogP contribution in [0.3, 0.4) is 0 Å². The Hall–Kier alpha value is -3.28. The molecule has 168 valence electrons. The first-order chi connectivity index (χ1) is 15.9. The zero-order chi connectivity index (χ0) is 23.5. The first-order valence-corrected chi connectivity index (χ1v) is 11.0. The van der Waals surface area contributed by atoms with Crippen LogP contribution in [0.5, 0.6) is 5.75 Å². The van der Waals surface area contributed by atoms with Crippen LogP contribution in [0.2, 0.25) is 10.0 Å². The van der Waals surface area contributed by atoms with Gasteiger partial charge in [0.2, 0.25) is 5.91 Å². The minimum Gasteiger partial charge on any atom is -0.496 e. The van der Waals surface area contributed by atoms with E-state index in [1.165, 1.54) is 0 Å². The van der Waals surface area contributed by atoms with Gasteiger partial charge < -0.3 is 14.5 Å². The fourth-order valence-electron chi connectivity index (χ4n) is 3.81. The first-order valence-electron chi connectivity index (χ1n) is 10.3. The Kier molecular flexibility index (Phi) is 6.72. The number of halogens is 2. The Balaban J connectivity index is 1.73. The summed E-state index contributed by atoms with van der Waals surface area (Å²) in [5.74, 6) is 0.448. The van der Waals surface area contributed by atoms with Crippen LogP contribution in [-0.4, -0.2) is 18.0 Å². The van der Waals surface area contributed by atoms with Gasteiger partial charge in [-0.15, -0.1) is 0 Å². The van der Waals surface area contributed by atoms with E-state index in [-0.39, 0.29) is 5.91 Å². The standard InChI is InChI=1S/C26H22Cl2N2O3/c1-15(9-24(31)30-13-17-5-4-8-29-12-17)20-11-21-22(19-7-6-18(27)10-23(19)28)14-33-26(21)16(2)25(20)32-3/h4-12,14H,13H2,1-3H3,(H,30,31)/b15-9+. The van der Waals surface area contributed by atoms with Crippen LogP contribution < -0.4 is 10.1 Å². The molecule has 1 amide bonds. The predicted molar refractivity (Wildman–Crippen MR) is 133 cm³/mol. The number of aryl methyl sites for hydroxylation is 1. The van der Waals surface area contributed by atoms with E-state index in [1.54, 1.807) is 44.0 Å². The number of carbonyl (C=O) groups is 1. The Labute approximate surface area is 202 Å². The molecule has 0 aliphatic rings. The first kappa shape index (κ1) is 22.9. The number of nitrogens with zero attached hydrogens (tertiary/aromatic N) is 1. The highest BCUT2D eigenvalue weighted by molar-refractivity contribution is 6.36. The van der Waals surface area contributed by atoms with E-state index in [1.807, 2.05) is 38.1 Å². The van der Waals surface area contributed by atoms with E-state index >= 15 is 0 Å². The lowest BCUT2D eigenvalue weighted by Crippen LogP contribution is -2.20. The Morgan fingerprint density at radius 1 is 1.21 bits per heavy atom. The molecule has 0 bridgehead atoms. The van der Waals surface area contributed by atoms with Gasteiger partial charge in [0.1, 0.15) is 11.3 Å². The number of rotatable bonds is 6. The lowest BCUT2D eigenvalue weighted by molar-refractivity contribution is -0.116. The molecular weight excluding hydrogens is 459 g/mol. The van der Waals surface area contributed by atoms with Crippen LogP contribution in [0, 0.1) is 6.92 Å². The summed E-state index contributed by atoms with van der Waals surface area (Å²) in [5.41, 5.74) is 5.67. The van der Waals surface area contributed by atoms with Crippen LogP contribution in [0.4, 0.5) is 0 Å². The average molecular weight is 481 g/mol. The van der Waals surface area contributed by atoms with Gasteiger partial charge in [-0.2, -0.15) is 0 Å². The zero-order valence-corrected chi connectivity index (χ0v) is 19.9. The molecule has 0 aliphatic heterocycles. The van der Waals surface area contributed by atoms with Gasteiger partial charge in [-0.25, -0.2) is 0 Å². The van der Waals surface area contributed by atoms with Crippen molar-refractivity contribution in [3.63, 3.8) is 0 Å². The van der Waals surface area contributed by atoms with Crippen molar-refractivity contribution in [2.24, 2.45) is 0 Å². The maximum atomic E-state index is 12.6. The fraction of sp³-hybridized carbons (Fsp3) is 0.154. The summed E-state index contributed by atoms with van der Waals surface area (Å²) in [7, 11) is 1.60. The monoisotopic (exact) mass is 480 g/mol. The molecule has 4 rings (SSSR count). The normalized spacial score (nSPS) is 11.6. The predicted octanol–water partition coefficient (Wildman–Crippen LogP) is 6.84. The summed E-state index contributed by atoms with van der Waals surface area (Å²) in [5, 5.41) is 4.85. The van der Waals surface area contributed by atoms with Gasteiger partial charge in [-0.1, -0.05) is 35.3 Å². The second-order valence-corrected chi connectivity index (χ2v) is 8.48. The van der Waals surface area contributed by atoms with Gasteiger partial charge in [0.15, 0.2) is 0 Å². The molecule has 33 heavy (non-hydrogen) atoms. The van der Waals surface area contributed by atoms with Crippen LogP contribution >= 0.6 is 23.2 Å². The molecule has 0 atom stereocenters. The number of ether oxygens (including phenoxy) is 1. The SMILES string of the molecule is COc1c(/C(C)=C/C(=O)NCc2cccnc2)cc2c(-c3ccc(Cl)cc3Cl)coc2c1C. The lowest BCUT2D eigenvalue weighted by Gasteiger charge is -2.13. The number of fused-ring (bicyclic) bond motifs is 1. The van der Waals surface area contributed by atoms with Gasteiger partial charge in [0.05, 0.1) is 18.4 Å². The molecule has 2 heterocycles. The van der Waals surface area contributed by atoms with Crippen molar-refractivity contribution in [1.82, 2.24) is 10.3 Å². The van der Waals surface area contributed by atoms with Crippen LogP contribution in [0.1, 0.15) is 23.6 Å². The molecule has 0 spiro atoms. The molecule has 4 aromatic rings. The molecule has 0 unspecified atom stereocenters. The number of benzene rings is 2. The van der Waals surface area contributed by atoms with E-state index in [9.17, 15) is 4.79 Å². The zero-order valence-electron chi connectivity index (χ0n) is 18.4. The van der Waals surface area contributed by atoms with Crippen molar-refractivity contribution >= 4 is 45.7 Å². The van der Waals surface area contributed by atoms with E-state index < -0.39 is 0 Å². The van der Waals surface area contributed by atoms with Crippen molar-refractivity contribution in [2.75, 3.05) is 7.11 Å². The van der Waals surface area contributed by atoms with Gasteiger partial charge >= 0.3 is 0 Å². The van der Waals surface area contributed by atoms with E-state index in [4.69, 9.17) is 32.4 Å². The number of hydrogen-bond acceptors (Lipinski definition) is 4. The molecule has 0 fully saturated rings. The minimum atomic E-state index is -0.204. The summed E-state index contributed by atoms with van der Waals surface area (Å²) in [6.45, 7) is 4.20. The van der Waals surface area contributed by atoms with Gasteiger partial charge in [-0.3, -0.25) is 9.78 Å². The molecule has 1 N–H and O–H groups in total. The number of nitrogens with one attached hydrogen (secondary N) is 1. The second-order valence-electron chi connectivity index (χ2n) is 7.64. The van der Waals surface area contributed by atoms with Crippen LogP contribution in [0.25, 0.3) is 27.7 Å². The summed E-state index contributed by atoms with van der Waals surface area (Å²) >= 11 is 12.5. The van der Waals surface area contributed by atoms with Gasteiger partial charge in [0, 0.05) is 57.7 Å². The lowest BCUT2D eigenvalue weighted by atomic mass is 9.96. The number of pyridine rings is 1. The topological polar surface area (TPSA) is 64.4 Å². The molecule has 0 aliphatic carbocycles. The molecular formula is C26H22Cl2N2O3. The van der Waals surface area contributed by atoms with Crippen LogP contribution in [-0.2, 0) is 11.3 Å². The van der Waals surface area contributed by atoms with Crippen molar-refractivity contribution < 1.29 is 13.9 Å². The largest absolute Gasteiger partial charge is 0.496 e. The average Bonchev–Trinajstić information content (AvgIpc) is 3.22. The smallest absolute Gasteiger partial charge is 0.244 e. The summed E-state index contributed by atoms with van der Waals surface area (Å²) in [4.78, 5) is 16.6. The second kappa shape index (κ2) is 9.69. The number of allylic oxidation sites excluding steroid dienone is 1. The highest BCUT2D eigenvalue weighted by Crippen LogP contribution is 2.42. The number of hydrogen-bond donors (Lipinski definition) is 1. The van der Waals surface area contributed by atoms with E-state index in [2.05, 4.69) is 10.3 Å². The highest BCUT2D eigenvalue weighted by atomic mass is 35.5. The number of amides is 1. The van der Waals surface area contributed by atoms with Crippen molar-refractivity contribution in [1.29, 1.82) is 0 Å². The molecule has 7 heteroatoms. The minimum absolute atomic E-state index is 0.204. The number of aromatic nitrogens is 1. The third-order valence-corrected chi connectivity index (χ3v) is 5.98. The third kappa shape index (κ3) is 4.75. The molecule has 2 aromatic carbocycles. The Bertz CT molecular complexity index is 1360. The third-order valence-electron chi connectivity index (χ3n) is 5.43. The number of methoxy groups -OCH3 is 1. The van der Waals surface area contributed by atoms with Crippen molar-refractivity contribution in [3.05, 3.63) is 87.9 Å². The van der Waals surface area contributed by atoms with Gasteiger partial charge in [-0.05, 0) is 49.2 Å². The van der Waals surface area contributed by atoms with E-state index in [0.29, 0.717) is 27.9 Å². The number of carbonyl (C=O) groups excluding carboxylic acids is 1. The van der Waals surface area contributed by atoms with Gasteiger partial charge in [0.25, 0.3) is 0 Å². The highest BCUT2D eigenvalue weighted by Gasteiger charge is 2.20. The summed E-state index contributed by atoms with van der Waals surface area (Å²) in [6, 6.07) is 11.1. The van der Waals surface area contributed by atoms with Crippen molar-refractivity contribution in [2.45, 2.75) is 20.4 Å². The van der Waals surface area contributed by atoms with E-state index in [0.717, 1.165) is 38.8 Å². The summed E-state index contributed by atoms with van der Waals surface area (Å²) < 4.78 is 11.6. The molecule has 0 saturated heterocycles. The quantitative estimate of drug-likeness (QED) is 0.306. The molecule has 5 nitrogen and oxygen atoms in total. The number of furan rings is 1. The maximum absolute atomic E-state index is 12.6.